The van der Waals surface area contributed by atoms with Crippen molar-refractivity contribution in [2.45, 2.75) is 19.6 Å². The molecule has 3 aliphatic heterocycles. The summed E-state index contributed by atoms with van der Waals surface area (Å²) in [6.45, 7) is 1.83. The van der Waals surface area contributed by atoms with Gasteiger partial charge in [-0.3, -0.25) is 4.90 Å². The third kappa shape index (κ3) is 2.58. The number of methoxy groups -OCH3 is 3. The molecule has 152 valence electrons. The summed E-state index contributed by atoms with van der Waals surface area (Å²) in [4.78, 5) is 1.35. The van der Waals surface area contributed by atoms with Crippen LogP contribution in [0.15, 0.2) is 12.1 Å². The molecule has 0 amide bonds. The average molecular weight is 398 g/mol. The monoisotopic (exact) mass is 398 g/mol. The predicted molar refractivity (Wildman–Crippen MR) is 106 cm³/mol. The molecule has 3 heterocycles. The second kappa shape index (κ2) is 6.86. The zero-order chi connectivity index (χ0) is 20.1. The summed E-state index contributed by atoms with van der Waals surface area (Å²) < 4.78 is 28.1. The quantitative estimate of drug-likeness (QED) is 0.811. The van der Waals surface area contributed by atoms with E-state index in [0.29, 0.717) is 23.0 Å². The van der Waals surface area contributed by atoms with E-state index in [1.807, 2.05) is 6.07 Å². The van der Waals surface area contributed by atoms with Gasteiger partial charge in [0.1, 0.15) is 12.2 Å². The Morgan fingerprint density at radius 1 is 1.03 bits per heavy atom. The van der Waals surface area contributed by atoms with Crippen molar-refractivity contribution in [3.8, 4) is 28.7 Å². The van der Waals surface area contributed by atoms with E-state index in [0.717, 1.165) is 53.2 Å². The molecule has 0 spiro atoms. The number of hydrogen-bond acceptors (Lipinski definition) is 6. The van der Waals surface area contributed by atoms with Crippen LogP contribution in [0.25, 0.3) is 11.8 Å². The van der Waals surface area contributed by atoms with E-state index in [2.05, 4.69) is 12.1 Å². The van der Waals surface area contributed by atoms with Gasteiger partial charge in [0.2, 0.25) is 12.5 Å². The van der Waals surface area contributed by atoms with Gasteiger partial charge in [-0.2, -0.15) is 0 Å². The fourth-order valence-corrected chi connectivity index (χ4v) is 4.70. The van der Waals surface area contributed by atoms with Crippen LogP contribution in [-0.2, 0) is 19.6 Å². The van der Waals surface area contributed by atoms with E-state index < -0.39 is 0 Å². The van der Waals surface area contributed by atoms with Gasteiger partial charge in [-0.1, -0.05) is 0 Å². The molecule has 0 aliphatic carbocycles. The Kier molecular flexibility index (Phi) is 4.29. The molecule has 5 rings (SSSR count). The maximum absolute atomic E-state index is 10.1. The summed E-state index contributed by atoms with van der Waals surface area (Å²) in [7, 11) is 4.87. The van der Waals surface area contributed by atoms with Crippen molar-refractivity contribution in [2.75, 3.05) is 34.7 Å². The van der Waals surface area contributed by atoms with Gasteiger partial charge >= 0.3 is 0 Å². The summed E-state index contributed by atoms with van der Waals surface area (Å²) in [5.74, 6) is 3.33. The minimum atomic E-state index is -0.132. The molecule has 7 nitrogen and oxygen atoms in total. The van der Waals surface area contributed by atoms with E-state index in [9.17, 15) is 5.11 Å². The smallest absolute Gasteiger partial charge is 0.231 e. The summed E-state index contributed by atoms with van der Waals surface area (Å²) in [5.41, 5.74) is 6.24. The molecular formula is C22H24NO6+. The van der Waals surface area contributed by atoms with Crippen LogP contribution in [0.2, 0.25) is 0 Å². The molecule has 0 saturated carbocycles. The number of quaternary nitrogens is 1. The number of aliphatic hydroxyl groups is 1. The molecule has 0 radical (unpaired) electrons. The Balaban J connectivity index is 1.75. The summed E-state index contributed by atoms with van der Waals surface area (Å²) >= 11 is 0. The Morgan fingerprint density at radius 2 is 1.86 bits per heavy atom. The second-order valence-electron chi connectivity index (χ2n) is 7.34. The topological polar surface area (TPSA) is 70.8 Å². The third-order valence-corrected chi connectivity index (χ3v) is 6.00. The van der Waals surface area contributed by atoms with Crippen molar-refractivity contribution in [1.29, 1.82) is 0 Å². The molecular weight excluding hydrogens is 374 g/mol. The van der Waals surface area contributed by atoms with Crippen molar-refractivity contribution < 1.29 is 33.7 Å². The molecule has 29 heavy (non-hydrogen) atoms. The van der Waals surface area contributed by atoms with Crippen LogP contribution in [0.1, 0.15) is 27.8 Å². The first-order chi connectivity index (χ1) is 14.2. The highest BCUT2D eigenvalue weighted by molar-refractivity contribution is 5.87. The van der Waals surface area contributed by atoms with E-state index in [1.165, 1.54) is 10.5 Å². The Hall–Kier alpha value is -2.90. The molecule has 2 aromatic carbocycles. The van der Waals surface area contributed by atoms with Crippen molar-refractivity contribution >= 4 is 11.8 Å². The van der Waals surface area contributed by atoms with Crippen molar-refractivity contribution in [3.63, 3.8) is 0 Å². The van der Waals surface area contributed by atoms with Crippen LogP contribution >= 0.6 is 0 Å². The van der Waals surface area contributed by atoms with Gasteiger partial charge in [-0.25, -0.2) is 0 Å². The molecule has 2 aromatic rings. The molecule has 1 unspecified atom stereocenters. The highest BCUT2D eigenvalue weighted by atomic mass is 16.7. The molecule has 0 saturated heterocycles. The van der Waals surface area contributed by atoms with Crippen LogP contribution < -0.4 is 28.6 Å². The van der Waals surface area contributed by atoms with Gasteiger partial charge in [0.25, 0.3) is 0 Å². The Morgan fingerprint density at radius 3 is 2.59 bits per heavy atom. The SMILES string of the molecule is COc1cc2c(c(CO)c1OC)C=C1c3c(cc4c(c3OC)OCO4)CC[NH+]1C2. The zero-order valence-corrected chi connectivity index (χ0v) is 16.8. The van der Waals surface area contributed by atoms with Crippen LogP contribution in [-0.4, -0.2) is 39.8 Å². The number of nitrogens with one attached hydrogen (secondary N) is 1. The predicted octanol–water partition coefficient (Wildman–Crippen LogP) is 1.39. The number of benzene rings is 2. The minimum absolute atomic E-state index is 0.132. The van der Waals surface area contributed by atoms with Gasteiger partial charge in [-0.15, -0.1) is 0 Å². The third-order valence-electron chi connectivity index (χ3n) is 6.00. The van der Waals surface area contributed by atoms with Gasteiger partial charge in [0, 0.05) is 23.6 Å². The van der Waals surface area contributed by atoms with Crippen LogP contribution in [0, 0.1) is 0 Å². The van der Waals surface area contributed by atoms with Crippen LogP contribution in [0.4, 0.5) is 0 Å². The maximum Gasteiger partial charge on any atom is 0.231 e. The first kappa shape index (κ1) is 18.1. The van der Waals surface area contributed by atoms with Crippen molar-refractivity contribution in [2.24, 2.45) is 0 Å². The summed E-state index contributed by atoms with van der Waals surface area (Å²) in [6.07, 6.45) is 3.06. The van der Waals surface area contributed by atoms with E-state index >= 15 is 0 Å². The molecule has 0 fully saturated rings. The molecule has 0 aromatic heterocycles. The van der Waals surface area contributed by atoms with Gasteiger partial charge in [0.05, 0.1) is 40.0 Å². The molecule has 2 N–H and O–H groups in total. The highest BCUT2D eigenvalue weighted by Gasteiger charge is 2.37. The standard InChI is InChI=1S/C22H23NO6/c1-25-17-7-13-9-23-5-4-12-6-18-21(29-11-28-18)22(27-3)19(12)16(23)8-14(13)15(10-24)20(17)26-2/h6-8,24H,4-5,9-11H2,1-3H3/p+1. The number of ether oxygens (including phenoxy) is 5. The van der Waals surface area contributed by atoms with Crippen LogP contribution in [0.5, 0.6) is 28.7 Å². The Labute approximate surface area is 169 Å². The van der Waals surface area contributed by atoms with Gasteiger partial charge in [0.15, 0.2) is 23.0 Å². The van der Waals surface area contributed by atoms with Gasteiger partial charge < -0.3 is 28.8 Å². The average Bonchev–Trinajstić information content (AvgIpc) is 3.22. The minimum Gasteiger partial charge on any atom is -0.493 e. The first-order valence-corrected chi connectivity index (χ1v) is 9.64. The Bertz CT molecular complexity index is 1030. The largest absolute Gasteiger partial charge is 0.493 e. The number of fused-ring (bicyclic) bond motifs is 5. The lowest BCUT2D eigenvalue weighted by Crippen LogP contribution is -3.09. The number of rotatable bonds is 4. The maximum atomic E-state index is 10.1. The van der Waals surface area contributed by atoms with Crippen molar-refractivity contribution in [1.82, 2.24) is 0 Å². The van der Waals surface area contributed by atoms with E-state index in [1.54, 1.807) is 21.3 Å². The lowest BCUT2D eigenvalue weighted by atomic mass is 9.87. The van der Waals surface area contributed by atoms with Crippen LogP contribution in [0.3, 0.4) is 0 Å². The first-order valence-electron chi connectivity index (χ1n) is 9.64. The summed E-state index contributed by atoms with van der Waals surface area (Å²) in [5, 5.41) is 10.1. The zero-order valence-electron chi connectivity index (χ0n) is 16.8. The van der Waals surface area contributed by atoms with E-state index in [-0.39, 0.29) is 13.4 Å². The van der Waals surface area contributed by atoms with E-state index in [4.69, 9.17) is 23.7 Å². The van der Waals surface area contributed by atoms with Crippen molar-refractivity contribution in [3.05, 3.63) is 39.9 Å². The number of aliphatic hydroxyl groups excluding tert-OH is 1. The highest BCUT2D eigenvalue weighted by Crippen LogP contribution is 2.48. The fraction of sp³-hybridized carbons (Fsp3) is 0.364. The molecule has 7 heteroatoms. The summed E-state index contributed by atoms with van der Waals surface area (Å²) in [6, 6.07) is 4.08. The normalized spacial score (nSPS) is 18.3. The lowest BCUT2D eigenvalue weighted by molar-refractivity contribution is -0.841. The molecule has 0 bridgehead atoms. The second-order valence-corrected chi connectivity index (χ2v) is 7.34. The molecule has 3 aliphatic rings. The lowest BCUT2D eigenvalue weighted by Gasteiger charge is -2.33. The fourth-order valence-electron chi connectivity index (χ4n) is 4.70. The van der Waals surface area contributed by atoms with Gasteiger partial charge in [-0.05, 0) is 23.3 Å². The number of hydrogen-bond donors (Lipinski definition) is 2. The molecule has 1 atom stereocenters.